The maximum Gasteiger partial charge on any atom is 0.188 e. The lowest BCUT2D eigenvalue weighted by molar-refractivity contribution is 0.398. The molecule has 0 heterocycles. The Morgan fingerprint density at radius 1 is 1.47 bits per heavy atom. The molecule has 0 amide bonds. The third-order valence-electron chi connectivity index (χ3n) is 2.95. The molecule has 1 aliphatic rings. The van der Waals surface area contributed by atoms with Crippen LogP contribution in [0.1, 0.15) is 40.0 Å². The number of guanidine groups is 1. The van der Waals surface area contributed by atoms with E-state index in [0.717, 1.165) is 18.0 Å². The number of nitrogens with two attached hydrogens (primary N) is 1. The molecule has 1 rings (SSSR count). The van der Waals surface area contributed by atoms with E-state index in [-0.39, 0.29) is 24.0 Å². The first-order valence-electron chi connectivity index (χ1n) is 6.12. The Bertz CT molecular complexity index is 280. The summed E-state index contributed by atoms with van der Waals surface area (Å²) >= 11 is 0. The summed E-state index contributed by atoms with van der Waals surface area (Å²) in [6.07, 6.45) is 3.88. The van der Waals surface area contributed by atoms with Crippen LogP contribution in [0.4, 0.5) is 0 Å². The molecule has 0 spiro atoms. The molecule has 0 aliphatic heterocycles. The average Bonchev–Trinajstić information content (AvgIpc) is 2.91. The van der Waals surface area contributed by atoms with Gasteiger partial charge in [-0.05, 0) is 37.5 Å². The first-order chi connectivity index (χ1) is 7.43. The fraction of sp³-hybridized carbons (Fsp3) is 0.769. The van der Waals surface area contributed by atoms with Gasteiger partial charge in [0, 0.05) is 13.1 Å². The maximum atomic E-state index is 5.79. The monoisotopic (exact) mass is 351 g/mol. The molecule has 1 saturated carbocycles. The molecular weight excluding hydrogens is 325 g/mol. The predicted molar refractivity (Wildman–Crippen MR) is 85.8 cm³/mol. The van der Waals surface area contributed by atoms with Crippen LogP contribution in [0.2, 0.25) is 0 Å². The Labute approximate surface area is 122 Å². The highest BCUT2D eigenvalue weighted by atomic mass is 127. The van der Waals surface area contributed by atoms with Crippen molar-refractivity contribution in [2.45, 2.75) is 40.0 Å². The molecule has 0 aromatic rings. The number of hydrogen-bond acceptors (Lipinski definition) is 1. The lowest BCUT2D eigenvalue weighted by Crippen LogP contribution is -2.33. The lowest BCUT2D eigenvalue weighted by Gasteiger charge is -2.15. The van der Waals surface area contributed by atoms with Crippen molar-refractivity contribution in [2.75, 3.05) is 13.1 Å². The van der Waals surface area contributed by atoms with E-state index in [0.29, 0.717) is 17.9 Å². The second-order valence-electron chi connectivity index (χ2n) is 5.61. The third-order valence-corrected chi connectivity index (χ3v) is 2.95. The van der Waals surface area contributed by atoms with Crippen molar-refractivity contribution in [1.82, 2.24) is 5.32 Å². The fourth-order valence-electron chi connectivity index (χ4n) is 2.02. The number of nitrogens with zero attached hydrogens (tertiary/aromatic N) is 1. The SMILES string of the molecule is C=C(C)CNC(N)=NCC1(CC(C)C)CC1.I. The van der Waals surface area contributed by atoms with Crippen molar-refractivity contribution in [3.05, 3.63) is 12.2 Å². The van der Waals surface area contributed by atoms with Crippen LogP contribution in [0.25, 0.3) is 0 Å². The summed E-state index contributed by atoms with van der Waals surface area (Å²) in [6.45, 7) is 11.9. The zero-order chi connectivity index (χ0) is 12.2. The van der Waals surface area contributed by atoms with Crippen LogP contribution in [0, 0.1) is 11.3 Å². The molecule has 17 heavy (non-hydrogen) atoms. The quantitative estimate of drug-likeness (QED) is 0.335. The highest BCUT2D eigenvalue weighted by Gasteiger charge is 2.42. The van der Waals surface area contributed by atoms with Crippen molar-refractivity contribution in [3.8, 4) is 0 Å². The van der Waals surface area contributed by atoms with Gasteiger partial charge in [-0.2, -0.15) is 0 Å². The summed E-state index contributed by atoms with van der Waals surface area (Å²) in [5, 5.41) is 3.06. The van der Waals surface area contributed by atoms with E-state index in [1.807, 2.05) is 6.92 Å². The van der Waals surface area contributed by atoms with Gasteiger partial charge in [0.1, 0.15) is 0 Å². The molecule has 0 aromatic carbocycles. The van der Waals surface area contributed by atoms with Gasteiger partial charge >= 0.3 is 0 Å². The average molecular weight is 351 g/mol. The Hall–Kier alpha value is -0.260. The van der Waals surface area contributed by atoms with E-state index in [1.165, 1.54) is 19.3 Å². The summed E-state index contributed by atoms with van der Waals surface area (Å²) < 4.78 is 0. The van der Waals surface area contributed by atoms with E-state index in [9.17, 15) is 0 Å². The topological polar surface area (TPSA) is 50.4 Å². The third kappa shape index (κ3) is 6.91. The van der Waals surface area contributed by atoms with Crippen LogP contribution in [0.5, 0.6) is 0 Å². The lowest BCUT2D eigenvalue weighted by atomic mass is 9.94. The van der Waals surface area contributed by atoms with Gasteiger partial charge in [0.15, 0.2) is 5.96 Å². The minimum Gasteiger partial charge on any atom is -0.370 e. The van der Waals surface area contributed by atoms with Gasteiger partial charge in [0.2, 0.25) is 0 Å². The Morgan fingerprint density at radius 3 is 2.47 bits per heavy atom. The van der Waals surface area contributed by atoms with E-state index >= 15 is 0 Å². The molecule has 0 aromatic heterocycles. The number of rotatable bonds is 6. The molecule has 1 aliphatic carbocycles. The van der Waals surface area contributed by atoms with Crippen molar-refractivity contribution in [2.24, 2.45) is 22.1 Å². The van der Waals surface area contributed by atoms with Crippen LogP contribution in [-0.4, -0.2) is 19.0 Å². The van der Waals surface area contributed by atoms with Crippen LogP contribution in [-0.2, 0) is 0 Å². The van der Waals surface area contributed by atoms with Gasteiger partial charge in [-0.1, -0.05) is 26.0 Å². The summed E-state index contributed by atoms with van der Waals surface area (Å²) in [5.41, 5.74) is 7.32. The number of halogens is 1. The Kier molecular flexibility index (Phi) is 7.13. The Morgan fingerprint density at radius 2 is 2.06 bits per heavy atom. The van der Waals surface area contributed by atoms with E-state index < -0.39 is 0 Å². The molecule has 4 heteroatoms. The van der Waals surface area contributed by atoms with Crippen LogP contribution < -0.4 is 11.1 Å². The largest absolute Gasteiger partial charge is 0.370 e. The second kappa shape index (κ2) is 7.24. The minimum absolute atomic E-state index is 0. The molecule has 0 saturated heterocycles. The number of nitrogens with one attached hydrogen (secondary N) is 1. The fourth-order valence-corrected chi connectivity index (χ4v) is 2.02. The number of hydrogen-bond donors (Lipinski definition) is 2. The van der Waals surface area contributed by atoms with Crippen LogP contribution >= 0.6 is 24.0 Å². The van der Waals surface area contributed by atoms with Gasteiger partial charge < -0.3 is 11.1 Å². The van der Waals surface area contributed by atoms with Crippen molar-refractivity contribution in [1.29, 1.82) is 0 Å². The van der Waals surface area contributed by atoms with Gasteiger partial charge in [-0.25, -0.2) is 0 Å². The van der Waals surface area contributed by atoms with Crippen LogP contribution in [0.15, 0.2) is 17.1 Å². The zero-order valence-electron chi connectivity index (χ0n) is 11.3. The normalized spacial score (nSPS) is 17.5. The maximum absolute atomic E-state index is 5.79. The molecule has 0 bridgehead atoms. The smallest absolute Gasteiger partial charge is 0.188 e. The molecule has 3 N–H and O–H groups in total. The second-order valence-corrected chi connectivity index (χ2v) is 5.61. The van der Waals surface area contributed by atoms with E-state index in [2.05, 4.69) is 30.7 Å². The van der Waals surface area contributed by atoms with E-state index in [1.54, 1.807) is 0 Å². The van der Waals surface area contributed by atoms with Gasteiger partial charge in [0.05, 0.1) is 0 Å². The minimum atomic E-state index is 0. The molecule has 1 fully saturated rings. The first kappa shape index (κ1) is 16.7. The highest BCUT2D eigenvalue weighted by Crippen LogP contribution is 2.50. The molecular formula is C13H26IN3. The molecule has 0 unspecified atom stereocenters. The zero-order valence-corrected chi connectivity index (χ0v) is 13.6. The number of aliphatic imine (C=N–C) groups is 1. The Balaban J connectivity index is 0.00000256. The predicted octanol–water partition coefficient (Wildman–Crippen LogP) is 2.91. The molecule has 0 atom stereocenters. The summed E-state index contributed by atoms with van der Waals surface area (Å²) in [4.78, 5) is 4.43. The molecule has 100 valence electrons. The van der Waals surface area contributed by atoms with Gasteiger partial charge in [-0.15, -0.1) is 24.0 Å². The van der Waals surface area contributed by atoms with Crippen molar-refractivity contribution >= 4 is 29.9 Å². The summed E-state index contributed by atoms with van der Waals surface area (Å²) in [5.74, 6) is 1.31. The van der Waals surface area contributed by atoms with Crippen LogP contribution in [0.3, 0.4) is 0 Å². The first-order valence-corrected chi connectivity index (χ1v) is 6.12. The molecule has 0 radical (unpaired) electrons. The molecule has 3 nitrogen and oxygen atoms in total. The summed E-state index contributed by atoms with van der Waals surface area (Å²) in [6, 6.07) is 0. The van der Waals surface area contributed by atoms with E-state index in [4.69, 9.17) is 5.73 Å². The van der Waals surface area contributed by atoms with Gasteiger partial charge in [-0.3, -0.25) is 4.99 Å². The van der Waals surface area contributed by atoms with Gasteiger partial charge in [0.25, 0.3) is 0 Å². The van der Waals surface area contributed by atoms with Crippen molar-refractivity contribution < 1.29 is 0 Å². The standard InChI is InChI=1S/C13H25N3.HI/c1-10(2)7-13(5-6-13)9-16-12(14)15-8-11(3)4;/h10H,3,5-9H2,1-2,4H3,(H3,14,15,16);1H. The summed E-state index contributed by atoms with van der Waals surface area (Å²) in [7, 11) is 0. The van der Waals surface area contributed by atoms with Crippen molar-refractivity contribution in [3.63, 3.8) is 0 Å². The highest BCUT2D eigenvalue weighted by molar-refractivity contribution is 14.0.